The van der Waals surface area contributed by atoms with Crippen LogP contribution in [0.5, 0.6) is 0 Å². The Labute approximate surface area is 215 Å². The van der Waals surface area contributed by atoms with Crippen LogP contribution >= 0.6 is 0 Å². The number of amides is 1. The Kier molecular flexibility index (Phi) is 8.62. The van der Waals surface area contributed by atoms with E-state index in [2.05, 4.69) is 20.2 Å². The molecule has 1 aromatic heterocycles. The molecule has 0 saturated heterocycles. The highest BCUT2D eigenvalue weighted by Crippen LogP contribution is 2.44. The van der Waals surface area contributed by atoms with Crippen LogP contribution in [0.4, 0.5) is 21.0 Å². The quantitative estimate of drug-likeness (QED) is 0.420. The number of likely N-dealkylation sites (N-methyl/N-ethyl adjacent to an activating group) is 1. The first-order valence-electron chi connectivity index (χ1n) is 12.9. The Hall–Kier alpha value is -2.71. The van der Waals surface area contributed by atoms with Crippen molar-refractivity contribution in [1.82, 2.24) is 15.3 Å². The van der Waals surface area contributed by atoms with Gasteiger partial charge in [-0.05, 0) is 91.2 Å². The lowest BCUT2D eigenvalue weighted by Gasteiger charge is -2.39. The van der Waals surface area contributed by atoms with Crippen molar-refractivity contribution in [2.24, 2.45) is 10.9 Å². The van der Waals surface area contributed by atoms with Crippen molar-refractivity contribution in [2.45, 2.75) is 96.5 Å². The fourth-order valence-corrected chi connectivity index (χ4v) is 4.98. The zero-order valence-corrected chi connectivity index (χ0v) is 23.1. The molecular formula is C27H43FN6O2. The zero-order chi connectivity index (χ0) is 26.7. The maximum atomic E-state index is 14.0. The van der Waals surface area contributed by atoms with Gasteiger partial charge in [0.25, 0.3) is 0 Å². The van der Waals surface area contributed by atoms with E-state index in [0.29, 0.717) is 18.8 Å². The molecule has 2 aliphatic carbocycles. The molecule has 0 aliphatic heterocycles. The standard InChI is InChI=1S/C27H43FN6O2/c1-18(19-16-27(5,28)17-19)15-23(29-6)34(8)22-13-14-30-24(32-22)33(7)21-11-9-20(10-12-21)31-25(35)36-26(2,3)4/h13-15,19-21H,9-12,16-17H2,1-8H3,(H,31,35)/b18-15+,29-23?. The largest absolute Gasteiger partial charge is 0.444 e. The summed E-state index contributed by atoms with van der Waals surface area (Å²) in [5, 5.41) is 3.00. The van der Waals surface area contributed by atoms with E-state index in [-0.39, 0.29) is 24.1 Å². The molecule has 0 atom stereocenters. The highest BCUT2D eigenvalue weighted by molar-refractivity contribution is 6.05. The van der Waals surface area contributed by atoms with E-state index in [4.69, 9.17) is 9.72 Å². The summed E-state index contributed by atoms with van der Waals surface area (Å²) in [6, 6.07) is 2.28. The zero-order valence-electron chi connectivity index (χ0n) is 23.1. The molecule has 2 fully saturated rings. The second kappa shape index (κ2) is 11.1. The van der Waals surface area contributed by atoms with Crippen LogP contribution in [0.1, 0.15) is 73.1 Å². The molecule has 0 unspecified atom stereocenters. The first kappa shape index (κ1) is 27.9. The predicted molar refractivity (Wildman–Crippen MR) is 144 cm³/mol. The Morgan fingerprint density at radius 3 is 2.44 bits per heavy atom. The molecule has 9 heteroatoms. The minimum absolute atomic E-state index is 0.118. The summed E-state index contributed by atoms with van der Waals surface area (Å²) < 4.78 is 19.3. The third kappa shape index (κ3) is 7.40. The van der Waals surface area contributed by atoms with Gasteiger partial charge in [-0.15, -0.1) is 0 Å². The molecule has 0 aromatic carbocycles. The van der Waals surface area contributed by atoms with Gasteiger partial charge in [0.2, 0.25) is 5.95 Å². The monoisotopic (exact) mass is 502 g/mol. The van der Waals surface area contributed by atoms with Crippen molar-refractivity contribution in [3.63, 3.8) is 0 Å². The van der Waals surface area contributed by atoms with Crippen LogP contribution in [0.25, 0.3) is 0 Å². The van der Waals surface area contributed by atoms with E-state index in [9.17, 15) is 9.18 Å². The number of rotatable bonds is 6. The van der Waals surface area contributed by atoms with Crippen LogP contribution in [-0.2, 0) is 4.74 Å². The Balaban J connectivity index is 1.59. The highest BCUT2D eigenvalue weighted by Gasteiger charge is 2.41. The number of carbonyl (C=O) groups is 1. The normalized spacial score (nSPS) is 27.2. The Morgan fingerprint density at radius 2 is 1.89 bits per heavy atom. The van der Waals surface area contributed by atoms with Crippen LogP contribution in [0.3, 0.4) is 0 Å². The molecule has 200 valence electrons. The van der Waals surface area contributed by atoms with Gasteiger partial charge in [-0.25, -0.2) is 14.2 Å². The van der Waals surface area contributed by atoms with Gasteiger partial charge in [0, 0.05) is 39.4 Å². The number of halogens is 1. The number of nitrogens with zero attached hydrogens (tertiary/aromatic N) is 5. The van der Waals surface area contributed by atoms with E-state index >= 15 is 0 Å². The topological polar surface area (TPSA) is 83.0 Å². The number of hydrogen-bond acceptors (Lipinski definition) is 6. The summed E-state index contributed by atoms with van der Waals surface area (Å²) in [4.78, 5) is 30.0. The maximum absolute atomic E-state index is 14.0. The summed E-state index contributed by atoms with van der Waals surface area (Å²) in [7, 11) is 5.72. The van der Waals surface area contributed by atoms with Gasteiger partial charge in [0.05, 0.1) is 0 Å². The predicted octanol–water partition coefficient (Wildman–Crippen LogP) is 5.30. The minimum atomic E-state index is -1.05. The van der Waals surface area contributed by atoms with Gasteiger partial charge >= 0.3 is 6.09 Å². The van der Waals surface area contributed by atoms with E-state index < -0.39 is 11.3 Å². The number of ether oxygens (including phenoxy) is 1. The first-order chi connectivity index (χ1) is 16.8. The fraction of sp³-hybridized carbons (Fsp3) is 0.704. The van der Waals surface area contributed by atoms with Gasteiger partial charge in [0.1, 0.15) is 22.9 Å². The molecule has 3 rings (SSSR count). The first-order valence-corrected chi connectivity index (χ1v) is 12.9. The van der Waals surface area contributed by atoms with E-state index in [1.54, 1.807) is 20.2 Å². The lowest BCUT2D eigenvalue weighted by atomic mass is 9.70. The number of alkyl carbamates (subject to hydrolysis) is 1. The molecule has 0 radical (unpaired) electrons. The van der Waals surface area contributed by atoms with E-state index in [1.165, 1.54) is 0 Å². The number of amidine groups is 1. The summed E-state index contributed by atoms with van der Waals surface area (Å²) in [6.07, 6.45) is 8.19. The van der Waals surface area contributed by atoms with Gasteiger partial charge in [-0.3, -0.25) is 4.99 Å². The van der Waals surface area contributed by atoms with Gasteiger partial charge in [-0.1, -0.05) is 5.57 Å². The number of allylic oxidation sites excluding steroid dienone is 1. The third-order valence-corrected chi connectivity index (χ3v) is 7.17. The molecule has 8 nitrogen and oxygen atoms in total. The molecule has 1 aromatic rings. The van der Waals surface area contributed by atoms with E-state index in [1.807, 2.05) is 58.8 Å². The molecule has 1 heterocycles. The number of alkyl halides is 1. The lowest BCUT2D eigenvalue weighted by molar-refractivity contribution is 0.0426. The third-order valence-electron chi connectivity index (χ3n) is 7.17. The lowest BCUT2D eigenvalue weighted by Crippen LogP contribution is -2.44. The number of nitrogens with one attached hydrogen (secondary N) is 1. The number of hydrogen-bond donors (Lipinski definition) is 1. The summed E-state index contributed by atoms with van der Waals surface area (Å²) in [5.74, 6) is 2.45. The number of anilines is 2. The average Bonchev–Trinajstić information content (AvgIpc) is 2.79. The highest BCUT2D eigenvalue weighted by atomic mass is 19.1. The van der Waals surface area contributed by atoms with Crippen LogP contribution < -0.4 is 15.1 Å². The van der Waals surface area contributed by atoms with Gasteiger partial charge < -0.3 is 19.9 Å². The Bertz CT molecular complexity index is 971. The van der Waals surface area contributed by atoms with Crippen molar-refractivity contribution >= 4 is 23.7 Å². The summed E-state index contributed by atoms with van der Waals surface area (Å²) in [6.45, 7) is 9.32. The maximum Gasteiger partial charge on any atom is 0.407 e. The molecule has 1 N–H and O–H groups in total. The smallest absolute Gasteiger partial charge is 0.407 e. The molecule has 0 bridgehead atoms. The SMILES string of the molecule is CN=C(/C=C(\C)C1CC(C)(F)C1)N(C)c1ccnc(N(C)C2CCC(NC(=O)OC(C)(C)C)CC2)n1. The van der Waals surface area contributed by atoms with Crippen LogP contribution in [0, 0.1) is 5.92 Å². The van der Waals surface area contributed by atoms with Crippen molar-refractivity contribution in [1.29, 1.82) is 0 Å². The molecule has 2 aliphatic rings. The van der Waals surface area contributed by atoms with Crippen LogP contribution in [-0.4, -0.2) is 66.4 Å². The Morgan fingerprint density at radius 1 is 1.25 bits per heavy atom. The van der Waals surface area contributed by atoms with Crippen molar-refractivity contribution in [3.05, 3.63) is 23.9 Å². The second-order valence-electron chi connectivity index (χ2n) is 11.5. The number of aliphatic imine (C=N–C) groups is 1. The minimum Gasteiger partial charge on any atom is -0.444 e. The van der Waals surface area contributed by atoms with E-state index in [0.717, 1.165) is 42.9 Å². The van der Waals surface area contributed by atoms with Crippen LogP contribution in [0.2, 0.25) is 0 Å². The van der Waals surface area contributed by atoms with Crippen molar-refractivity contribution in [3.8, 4) is 0 Å². The summed E-state index contributed by atoms with van der Waals surface area (Å²) >= 11 is 0. The van der Waals surface area contributed by atoms with Crippen molar-refractivity contribution < 1.29 is 13.9 Å². The second-order valence-corrected chi connectivity index (χ2v) is 11.5. The van der Waals surface area contributed by atoms with Crippen molar-refractivity contribution in [2.75, 3.05) is 30.9 Å². The molecule has 0 spiro atoms. The van der Waals surface area contributed by atoms with Gasteiger partial charge in [0.15, 0.2) is 0 Å². The van der Waals surface area contributed by atoms with Crippen LogP contribution in [0.15, 0.2) is 28.9 Å². The molecular weight excluding hydrogens is 459 g/mol. The van der Waals surface area contributed by atoms with Gasteiger partial charge in [-0.2, -0.15) is 4.98 Å². The molecule has 1 amide bonds. The molecule has 2 saturated carbocycles. The molecule has 36 heavy (non-hydrogen) atoms. The number of carbonyl (C=O) groups excluding carboxylic acids is 1. The summed E-state index contributed by atoms with van der Waals surface area (Å²) in [5.41, 5.74) is -0.409. The fourth-order valence-electron chi connectivity index (χ4n) is 4.98. The number of aromatic nitrogens is 2. The average molecular weight is 503 g/mol.